The Balaban J connectivity index is 2.35. The van der Waals surface area contributed by atoms with Crippen molar-refractivity contribution < 1.29 is 0 Å². The molecule has 1 fully saturated rings. The van der Waals surface area contributed by atoms with Crippen molar-refractivity contribution in [1.29, 1.82) is 0 Å². The summed E-state index contributed by atoms with van der Waals surface area (Å²) >= 11 is 0. The van der Waals surface area contributed by atoms with Crippen LogP contribution in [0.25, 0.3) is 0 Å². The highest BCUT2D eigenvalue weighted by molar-refractivity contribution is 4.77. The van der Waals surface area contributed by atoms with Crippen molar-refractivity contribution in [3.05, 3.63) is 0 Å². The van der Waals surface area contributed by atoms with E-state index < -0.39 is 0 Å². The highest BCUT2D eigenvalue weighted by atomic mass is 14.9. The summed E-state index contributed by atoms with van der Waals surface area (Å²) in [6.07, 6.45) is 1.40. The van der Waals surface area contributed by atoms with Gasteiger partial charge in [0, 0.05) is 6.04 Å². The van der Waals surface area contributed by atoms with Gasteiger partial charge in [-0.15, -0.1) is 0 Å². The fraction of sp³-hybridized carbons (Fsp3) is 1.00. The van der Waals surface area contributed by atoms with E-state index in [9.17, 15) is 0 Å². The molecule has 54 valence electrons. The summed E-state index contributed by atoms with van der Waals surface area (Å²) in [4.78, 5) is 0. The molecule has 1 aliphatic heterocycles. The lowest BCUT2D eigenvalue weighted by molar-refractivity contribution is 0.257. The molecule has 0 saturated carbocycles. The predicted octanol–water partition coefficient (Wildman–Crippen LogP) is 1.64. The first-order chi connectivity index (χ1) is 4.20. The first kappa shape index (κ1) is 7.07. The normalized spacial score (nSPS) is 45.0. The lowest BCUT2D eigenvalue weighted by atomic mass is 9.88. The van der Waals surface area contributed by atoms with Crippen LogP contribution in [0.4, 0.5) is 0 Å². The molecule has 0 aromatic heterocycles. The van der Waals surface area contributed by atoms with Gasteiger partial charge in [-0.3, -0.25) is 0 Å². The summed E-state index contributed by atoms with van der Waals surface area (Å²) in [6, 6.07) is 0.737. The molecule has 0 radical (unpaired) electrons. The van der Waals surface area contributed by atoms with Gasteiger partial charge in [0.1, 0.15) is 0 Å². The van der Waals surface area contributed by atoms with E-state index in [2.05, 4.69) is 26.1 Å². The maximum absolute atomic E-state index is 3.48. The average molecular weight is 127 g/mol. The van der Waals surface area contributed by atoms with E-state index in [0.717, 1.165) is 17.9 Å². The standard InChI is InChI=1S/C8H17N/c1-6-4-7(2)8(3)9-5-6/h6-9H,4-5H2,1-3H3/t6-,7-,8+/m1/s1. The quantitative estimate of drug-likeness (QED) is 0.521. The molecule has 1 N–H and O–H groups in total. The molecule has 0 aliphatic carbocycles. The zero-order valence-corrected chi connectivity index (χ0v) is 6.65. The molecule has 3 atom stereocenters. The van der Waals surface area contributed by atoms with Crippen molar-refractivity contribution in [2.24, 2.45) is 11.8 Å². The SMILES string of the molecule is C[C@H]1CN[C@@H](C)[C@H](C)C1. The van der Waals surface area contributed by atoms with Crippen LogP contribution in [0.2, 0.25) is 0 Å². The third-order valence-corrected chi connectivity index (χ3v) is 2.42. The molecule has 1 heterocycles. The summed E-state index contributed by atoms with van der Waals surface area (Å²) in [5, 5.41) is 3.48. The zero-order valence-electron chi connectivity index (χ0n) is 6.65. The molecule has 0 unspecified atom stereocenters. The molecular weight excluding hydrogens is 110 g/mol. The Morgan fingerprint density at radius 3 is 2.33 bits per heavy atom. The van der Waals surface area contributed by atoms with E-state index in [1.54, 1.807) is 0 Å². The Kier molecular flexibility index (Phi) is 2.12. The molecule has 0 aromatic rings. The molecular formula is C8H17N. The van der Waals surface area contributed by atoms with Gasteiger partial charge in [0.2, 0.25) is 0 Å². The number of nitrogens with one attached hydrogen (secondary N) is 1. The number of piperidine rings is 1. The molecule has 0 aromatic carbocycles. The summed E-state index contributed by atoms with van der Waals surface area (Å²) in [5.74, 6) is 1.75. The lowest BCUT2D eigenvalue weighted by Gasteiger charge is -2.31. The largest absolute Gasteiger partial charge is 0.314 e. The predicted molar refractivity (Wildman–Crippen MR) is 40.4 cm³/mol. The minimum absolute atomic E-state index is 0.737. The van der Waals surface area contributed by atoms with Crippen LogP contribution in [-0.2, 0) is 0 Å². The van der Waals surface area contributed by atoms with E-state index in [0.29, 0.717) is 0 Å². The third-order valence-electron chi connectivity index (χ3n) is 2.42. The van der Waals surface area contributed by atoms with Gasteiger partial charge in [0.05, 0.1) is 0 Å². The Morgan fingerprint density at radius 2 is 1.89 bits per heavy atom. The van der Waals surface area contributed by atoms with Gasteiger partial charge in [-0.05, 0) is 31.7 Å². The van der Waals surface area contributed by atoms with Crippen LogP contribution in [0, 0.1) is 11.8 Å². The van der Waals surface area contributed by atoms with Crippen molar-refractivity contribution in [1.82, 2.24) is 5.32 Å². The summed E-state index contributed by atoms with van der Waals surface area (Å²) < 4.78 is 0. The minimum Gasteiger partial charge on any atom is -0.314 e. The second-order valence-electron chi connectivity index (χ2n) is 3.52. The van der Waals surface area contributed by atoms with Crippen molar-refractivity contribution in [2.45, 2.75) is 33.2 Å². The summed E-state index contributed by atoms with van der Waals surface area (Å²) in [7, 11) is 0. The maximum atomic E-state index is 3.48. The van der Waals surface area contributed by atoms with Crippen molar-refractivity contribution in [3.63, 3.8) is 0 Å². The smallest absolute Gasteiger partial charge is 0.00645 e. The van der Waals surface area contributed by atoms with Gasteiger partial charge in [0.15, 0.2) is 0 Å². The van der Waals surface area contributed by atoms with Crippen LogP contribution in [0.1, 0.15) is 27.2 Å². The van der Waals surface area contributed by atoms with Gasteiger partial charge in [0.25, 0.3) is 0 Å². The molecule has 0 amide bonds. The highest BCUT2D eigenvalue weighted by Crippen LogP contribution is 2.19. The first-order valence-corrected chi connectivity index (χ1v) is 3.93. The average Bonchev–Trinajstić information content (AvgIpc) is 1.80. The van der Waals surface area contributed by atoms with Crippen LogP contribution < -0.4 is 5.32 Å². The first-order valence-electron chi connectivity index (χ1n) is 3.93. The zero-order chi connectivity index (χ0) is 6.85. The number of hydrogen-bond acceptors (Lipinski definition) is 1. The van der Waals surface area contributed by atoms with E-state index in [4.69, 9.17) is 0 Å². The molecule has 0 bridgehead atoms. The Labute approximate surface area is 57.8 Å². The fourth-order valence-corrected chi connectivity index (χ4v) is 1.51. The van der Waals surface area contributed by atoms with Crippen LogP contribution in [0.15, 0.2) is 0 Å². The van der Waals surface area contributed by atoms with Crippen LogP contribution in [-0.4, -0.2) is 12.6 Å². The Bertz CT molecular complexity index is 90.6. The van der Waals surface area contributed by atoms with Gasteiger partial charge < -0.3 is 5.32 Å². The van der Waals surface area contributed by atoms with E-state index in [1.807, 2.05) is 0 Å². The molecule has 0 spiro atoms. The Hall–Kier alpha value is -0.0400. The van der Waals surface area contributed by atoms with Gasteiger partial charge in [-0.25, -0.2) is 0 Å². The second kappa shape index (κ2) is 2.70. The van der Waals surface area contributed by atoms with E-state index in [-0.39, 0.29) is 0 Å². The van der Waals surface area contributed by atoms with Gasteiger partial charge >= 0.3 is 0 Å². The molecule has 9 heavy (non-hydrogen) atoms. The van der Waals surface area contributed by atoms with E-state index in [1.165, 1.54) is 13.0 Å². The maximum Gasteiger partial charge on any atom is 0.00645 e. The fourth-order valence-electron chi connectivity index (χ4n) is 1.51. The molecule has 1 saturated heterocycles. The minimum atomic E-state index is 0.737. The second-order valence-corrected chi connectivity index (χ2v) is 3.52. The number of rotatable bonds is 0. The number of hydrogen-bond donors (Lipinski definition) is 1. The molecule has 1 aliphatic rings. The van der Waals surface area contributed by atoms with Gasteiger partial charge in [-0.1, -0.05) is 13.8 Å². The topological polar surface area (TPSA) is 12.0 Å². The van der Waals surface area contributed by atoms with Crippen LogP contribution >= 0.6 is 0 Å². The van der Waals surface area contributed by atoms with Crippen LogP contribution in [0.3, 0.4) is 0 Å². The third kappa shape index (κ3) is 1.68. The molecule has 1 rings (SSSR count). The Morgan fingerprint density at radius 1 is 1.22 bits per heavy atom. The lowest BCUT2D eigenvalue weighted by Crippen LogP contribution is -2.41. The van der Waals surface area contributed by atoms with Crippen molar-refractivity contribution >= 4 is 0 Å². The molecule has 1 nitrogen and oxygen atoms in total. The van der Waals surface area contributed by atoms with Crippen molar-refractivity contribution in [2.75, 3.05) is 6.54 Å². The molecule has 1 heteroatoms. The van der Waals surface area contributed by atoms with Gasteiger partial charge in [-0.2, -0.15) is 0 Å². The summed E-state index contributed by atoms with van der Waals surface area (Å²) in [5.41, 5.74) is 0. The van der Waals surface area contributed by atoms with E-state index >= 15 is 0 Å². The monoisotopic (exact) mass is 127 g/mol. The highest BCUT2D eigenvalue weighted by Gasteiger charge is 2.20. The van der Waals surface area contributed by atoms with Crippen molar-refractivity contribution in [3.8, 4) is 0 Å². The van der Waals surface area contributed by atoms with Crippen LogP contribution in [0.5, 0.6) is 0 Å². The summed E-state index contributed by atoms with van der Waals surface area (Å²) in [6.45, 7) is 8.13.